The van der Waals surface area contributed by atoms with Gasteiger partial charge in [0.1, 0.15) is 12.1 Å². The molecule has 2 atom stereocenters. The summed E-state index contributed by atoms with van der Waals surface area (Å²) in [5.41, 5.74) is 1.96. The molecule has 0 unspecified atom stereocenters. The van der Waals surface area contributed by atoms with Gasteiger partial charge in [-0.15, -0.1) is 0 Å². The van der Waals surface area contributed by atoms with Crippen LogP contribution < -0.4 is 10.2 Å². The highest BCUT2D eigenvalue weighted by atomic mass is 15.3. The summed E-state index contributed by atoms with van der Waals surface area (Å²) in [5.74, 6) is 1.73. The van der Waals surface area contributed by atoms with Crippen LogP contribution in [0, 0.1) is 10.8 Å². The van der Waals surface area contributed by atoms with Gasteiger partial charge in [-0.25, -0.2) is 9.97 Å². The smallest absolute Gasteiger partial charge is 0.132 e. The normalized spacial score (nSPS) is 35.2. The number of aromatic nitrogens is 2. The summed E-state index contributed by atoms with van der Waals surface area (Å²) < 4.78 is 0. The number of fused-ring (bicyclic) bond motifs is 2. The molecule has 1 aromatic rings. The maximum absolute atomic E-state index is 4.65. The second-order valence-corrected chi connectivity index (χ2v) is 9.15. The highest BCUT2D eigenvalue weighted by Crippen LogP contribution is 2.45. The van der Waals surface area contributed by atoms with Gasteiger partial charge < -0.3 is 15.1 Å². The Hall–Kier alpha value is -1.20. The van der Waals surface area contributed by atoms with Crippen LogP contribution in [0.3, 0.4) is 0 Å². The van der Waals surface area contributed by atoms with E-state index in [0.29, 0.717) is 16.7 Å². The molecule has 3 fully saturated rings. The van der Waals surface area contributed by atoms with Crippen molar-refractivity contribution in [1.29, 1.82) is 0 Å². The molecule has 2 bridgehead atoms. The highest BCUT2D eigenvalue weighted by molar-refractivity contribution is 5.42. The van der Waals surface area contributed by atoms with E-state index in [1.807, 2.05) is 0 Å². The molecule has 5 heteroatoms. The van der Waals surface area contributed by atoms with Crippen LogP contribution in [-0.2, 0) is 0 Å². The average Bonchev–Trinajstić information content (AvgIpc) is 2.53. The second kappa shape index (κ2) is 5.95. The molecule has 0 spiro atoms. The average molecular weight is 329 g/mol. The topological polar surface area (TPSA) is 44.3 Å². The number of hydrogen-bond acceptors (Lipinski definition) is 5. The fraction of sp³-hybridized carbons (Fsp3) is 0.789. The Morgan fingerprint density at radius 2 is 1.71 bits per heavy atom. The van der Waals surface area contributed by atoms with Crippen LogP contribution in [-0.4, -0.2) is 61.2 Å². The van der Waals surface area contributed by atoms with Crippen LogP contribution in [0.25, 0.3) is 0 Å². The predicted molar refractivity (Wildman–Crippen MR) is 97.4 cm³/mol. The lowest BCUT2D eigenvalue weighted by Crippen LogP contribution is -2.61. The van der Waals surface area contributed by atoms with Gasteiger partial charge in [0, 0.05) is 43.9 Å². The van der Waals surface area contributed by atoms with Gasteiger partial charge >= 0.3 is 0 Å². The summed E-state index contributed by atoms with van der Waals surface area (Å²) >= 11 is 0. The largest absolute Gasteiger partial charge is 0.355 e. The van der Waals surface area contributed by atoms with E-state index in [1.54, 1.807) is 6.33 Å². The zero-order valence-electron chi connectivity index (χ0n) is 15.4. The third kappa shape index (κ3) is 3.16. The Kier molecular flexibility index (Phi) is 4.04. The lowest BCUT2D eigenvalue weighted by Gasteiger charge is -2.56. The Morgan fingerprint density at radius 3 is 2.38 bits per heavy atom. The minimum absolute atomic E-state index is 0.361. The van der Waals surface area contributed by atoms with E-state index >= 15 is 0 Å². The Morgan fingerprint density at radius 1 is 1.04 bits per heavy atom. The van der Waals surface area contributed by atoms with Crippen molar-refractivity contribution in [3.63, 3.8) is 0 Å². The summed E-state index contributed by atoms with van der Waals surface area (Å²) in [6.45, 7) is 11.7. The molecule has 3 aliphatic heterocycles. The second-order valence-electron chi connectivity index (χ2n) is 9.15. The molecule has 4 heterocycles. The van der Waals surface area contributed by atoms with Crippen molar-refractivity contribution in [1.82, 2.24) is 20.2 Å². The summed E-state index contributed by atoms with van der Waals surface area (Å²) in [5, 5.41) is 3.44. The van der Waals surface area contributed by atoms with E-state index in [2.05, 4.69) is 52.0 Å². The van der Waals surface area contributed by atoms with Crippen molar-refractivity contribution in [3.8, 4) is 0 Å². The van der Waals surface area contributed by atoms with Gasteiger partial charge in [-0.3, -0.25) is 0 Å². The van der Waals surface area contributed by atoms with E-state index in [9.17, 15) is 0 Å². The van der Waals surface area contributed by atoms with Crippen molar-refractivity contribution in [2.24, 2.45) is 10.8 Å². The van der Waals surface area contributed by atoms with Crippen molar-refractivity contribution in [2.45, 2.75) is 39.0 Å². The Balaban J connectivity index is 1.58. The monoisotopic (exact) mass is 329 g/mol. The van der Waals surface area contributed by atoms with Gasteiger partial charge in [-0.1, -0.05) is 13.8 Å². The number of likely N-dealkylation sites (tertiary alicyclic amines) is 1. The zero-order chi connectivity index (χ0) is 16.8. The van der Waals surface area contributed by atoms with Crippen LogP contribution >= 0.6 is 0 Å². The van der Waals surface area contributed by atoms with Gasteiger partial charge in [0.25, 0.3) is 0 Å². The molecule has 24 heavy (non-hydrogen) atoms. The number of rotatable bonds is 2. The molecule has 4 rings (SSSR count). The van der Waals surface area contributed by atoms with Crippen molar-refractivity contribution < 1.29 is 0 Å². The zero-order valence-corrected chi connectivity index (χ0v) is 15.4. The molecule has 5 nitrogen and oxygen atoms in total. The molecule has 3 saturated heterocycles. The maximum Gasteiger partial charge on any atom is 0.132 e. The van der Waals surface area contributed by atoms with Crippen LogP contribution in [0.15, 0.2) is 12.4 Å². The standard InChI is InChI=1S/C19H31N5/c1-18-9-19(2,11-23(3)10-18)13-24(12-18)17-8-16(21-14-22-17)15-4-6-20-7-5-15/h8,14-15,20H,4-7,9-13H2,1-3H3/t18-,19-/m1/s1. The van der Waals surface area contributed by atoms with E-state index in [1.165, 1.54) is 38.0 Å². The van der Waals surface area contributed by atoms with Crippen molar-refractivity contribution >= 4 is 5.82 Å². The first-order chi connectivity index (χ1) is 11.4. The maximum atomic E-state index is 4.65. The molecule has 0 aromatic carbocycles. The predicted octanol–water partition coefficient (Wildman–Crippen LogP) is 2.11. The first-order valence-electron chi connectivity index (χ1n) is 9.41. The lowest BCUT2D eigenvalue weighted by atomic mass is 9.65. The molecule has 0 amide bonds. The van der Waals surface area contributed by atoms with Gasteiger partial charge in [0.2, 0.25) is 0 Å². The van der Waals surface area contributed by atoms with E-state index < -0.39 is 0 Å². The summed E-state index contributed by atoms with van der Waals surface area (Å²) in [7, 11) is 2.27. The first kappa shape index (κ1) is 16.3. The third-order valence-electron chi connectivity index (χ3n) is 6.06. The first-order valence-corrected chi connectivity index (χ1v) is 9.41. The Bertz CT molecular complexity index is 579. The van der Waals surface area contributed by atoms with Crippen molar-refractivity contribution in [2.75, 3.05) is 51.2 Å². The van der Waals surface area contributed by atoms with Gasteiger partial charge in [0.05, 0.1) is 0 Å². The van der Waals surface area contributed by atoms with Gasteiger partial charge in [-0.05, 0) is 50.2 Å². The van der Waals surface area contributed by atoms with Crippen LogP contribution in [0.5, 0.6) is 0 Å². The lowest BCUT2D eigenvalue weighted by molar-refractivity contribution is 0.00505. The molecule has 0 radical (unpaired) electrons. The molecule has 3 aliphatic rings. The van der Waals surface area contributed by atoms with E-state index in [4.69, 9.17) is 0 Å². The fourth-order valence-corrected chi connectivity index (χ4v) is 5.73. The molecule has 1 N–H and O–H groups in total. The molecule has 0 aliphatic carbocycles. The van der Waals surface area contributed by atoms with Gasteiger partial charge in [0.15, 0.2) is 0 Å². The molecule has 132 valence electrons. The molecule has 1 aromatic heterocycles. The Labute approximate surface area is 145 Å². The number of anilines is 1. The molecule has 0 saturated carbocycles. The van der Waals surface area contributed by atoms with E-state index in [-0.39, 0.29) is 0 Å². The molecular weight excluding hydrogens is 298 g/mol. The quantitative estimate of drug-likeness (QED) is 0.900. The highest BCUT2D eigenvalue weighted by Gasteiger charge is 2.47. The van der Waals surface area contributed by atoms with E-state index in [0.717, 1.165) is 32.0 Å². The van der Waals surface area contributed by atoms with Crippen LogP contribution in [0.1, 0.15) is 44.7 Å². The minimum atomic E-state index is 0.361. The number of hydrogen-bond donors (Lipinski definition) is 1. The third-order valence-corrected chi connectivity index (χ3v) is 6.06. The summed E-state index contributed by atoms with van der Waals surface area (Å²) in [6, 6.07) is 2.27. The van der Waals surface area contributed by atoms with Crippen LogP contribution in [0.4, 0.5) is 5.82 Å². The summed E-state index contributed by atoms with van der Waals surface area (Å²) in [4.78, 5) is 14.3. The number of nitrogens with zero attached hydrogens (tertiary/aromatic N) is 4. The molecular formula is C19H31N5. The van der Waals surface area contributed by atoms with Gasteiger partial charge in [-0.2, -0.15) is 0 Å². The summed E-state index contributed by atoms with van der Waals surface area (Å²) in [6.07, 6.45) is 5.49. The minimum Gasteiger partial charge on any atom is -0.355 e. The van der Waals surface area contributed by atoms with Crippen LogP contribution in [0.2, 0.25) is 0 Å². The fourth-order valence-electron chi connectivity index (χ4n) is 5.73. The van der Waals surface area contributed by atoms with Crippen molar-refractivity contribution in [3.05, 3.63) is 18.1 Å². The number of piperidine rings is 3. The SMILES string of the molecule is CN1C[C@]2(C)CN(c3cc(C4CCNCC4)ncn3)C[C@@](C)(C1)C2. The number of nitrogens with one attached hydrogen (secondary N) is 1.